The zero-order valence-electron chi connectivity index (χ0n) is 14.7. The Labute approximate surface area is 168 Å². The molecule has 3 heterocycles. The second-order valence-corrected chi connectivity index (χ2v) is 8.04. The largest absolute Gasteiger partial charge is 0.354 e. The highest BCUT2D eigenvalue weighted by Crippen LogP contribution is 2.28. The van der Waals surface area contributed by atoms with Crippen molar-refractivity contribution < 1.29 is 4.79 Å². The molecular weight excluding hydrogens is 396 g/mol. The summed E-state index contributed by atoms with van der Waals surface area (Å²) in [5, 5.41) is 11.2. The van der Waals surface area contributed by atoms with Crippen LogP contribution in [-0.2, 0) is 11.3 Å². The van der Waals surface area contributed by atoms with Crippen molar-refractivity contribution in [3.8, 4) is 5.82 Å². The fraction of sp³-hybridized carbons (Fsp3) is 0.167. The van der Waals surface area contributed by atoms with Crippen LogP contribution in [0.25, 0.3) is 16.0 Å². The third kappa shape index (κ3) is 4.29. The number of rotatable bonds is 7. The lowest BCUT2D eigenvalue weighted by molar-refractivity contribution is -0.118. The number of carbonyl (C=O) groups excluding carboxylic acids is 1. The molecule has 0 unspecified atom stereocenters. The molecule has 1 N–H and O–H groups in total. The molecule has 1 aromatic carbocycles. The number of fused-ring (bicyclic) bond motifs is 1. The highest BCUT2D eigenvalue weighted by molar-refractivity contribution is 8.01. The Balaban J connectivity index is 1.29. The zero-order valence-corrected chi connectivity index (χ0v) is 16.3. The first-order chi connectivity index (χ1) is 13.7. The maximum atomic E-state index is 12.1. The van der Waals surface area contributed by atoms with Crippen LogP contribution < -0.4 is 10.9 Å². The van der Waals surface area contributed by atoms with Crippen LogP contribution in [0.3, 0.4) is 0 Å². The molecule has 1 amide bonds. The van der Waals surface area contributed by atoms with E-state index in [-0.39, 0.29) is 23.8 Å². The Bertz CT molecular complexity index is 1120. The maximum absolute atomic E-state index is 12.1. The van der Waals surface area contributed by atoms with Crippen LogP contribution in [0.2, 0.25) is 0 Å². The number of thiazole rings is 1. The summed E-state index contributed by atoms with van der Waals surface area (Å²) >= 11 is 2.97. The molecule has 0 fully saturated rings. The zero-order chi connectivity index (χ0) is 19.3. The molecule has 0 aliphatic heterocycles. The molecule has 0 spiro atoms. The van der Waals surface area contributed by atoms with Crippen LogP contribution in [0.15, 0.2) is 64.0 Å². The minimum absolute atomic E-state index is 0.111. The normalized spacial score (nSPS) is 11.0. The van der Waals surface area contributed by atoms with Gasteiger partial charge in [-0.05, 0) is 24.3 Å². The van der Waals surface area contributed by atoms with Crippen molar-refractivity contribution in [2.45, 2.75) is 10.9 Å². The number of amides is 1. The highest BCUT2D eigenvalue weighted by atomic mass is 32.2. The molecule has 0 radical (unpaired) electrons. The van der Waals surface area contributed by atoms with Gasteiger partial charge in [-0.2, -0.15) is 5.10 Å². The van der Waals surface area contributed by atoms with E-state index in [2.05, 4.69) is 20.5 Å². The summed E-state index contributed by atoms with van der Waals surface area (Å²) in [4.78, 5) is 28.5. The molecule has 0 saturated heterocycles. The van der Waals surface area contributed by atoms with Crippen molar-refractivity contribution >= 4 is 39.2 Å². The van der Waals surface area contributed by atoms with Crippen molar-refractivity contribution in [1.29, 1.82) is 0 Å². The topological polar surface area (TPSA) is 94.7 Å². The molecule has 28 heavy (non-hydrogen) atoms. The van der Waals surface area contributed by atoms with Crippen molar-refractivity contribution in [1.82, 2.24) is 29.9 Å². The van der Waals surface area contributed by atoms with Gasteiger partial charge in [0, 0.05) is 25.0 Å². The number of nitrogens with one attached hydrogen (secondary N) is 1. The Morgan fingerprint density at radius 3 is 2.89 bits per heavy atom. The van der Waals surface area contributed by atoms with Gasteiger partial charge in [0.2, 0.25) is 5.91 Å². The first kappa shape index (κ1) is 18.4. The van der Waals surface area contributed by atoms with Gasteiger partial charge in [-0.1, -0.05) is 23.9 Å². The number of nitrogens with zero attached hydrogens (tertiary/aromatic N) is 5. The summed E-state index contributed by atoms with van der Waals surface area (Å²) in [7, 11) is 0. The molecule has 0 bridgehead atoms. The Kier molecular flexibility index (Phi) is 5.49. The van der Waals surface area contributed by atoms with Crippen molar-refractivity contribution in [3.05, 3.63) is 65.2 Å². The molecular formula is C18H16N6O2S2. The minimum Gasteiger partial charge on any atom is -0.354 e. The average Bonchev–Trinajstić information content (AvgIpc) is 3.37. The number of thioether (sulfide) groups is 1. The number of hydrogen-bond acceptors (Lipinski definition) is 7. The monoisotopic (exact) mass is 412 g/mol. The van der Waals surface area contributed by atoms with Gasteiger partial charge in [0.15, 0.2) is 10.2 Å². The van der Waals surface area contributed by atoms with Crippen LogP contribution in [0.1, 0.15) is 0 Å². The number of carbonyl (C=O) groups is 1. The average molecular weight is 413 g/mol. The summed E-state index contributed by atoms with van der Waals surface area (Å²) in [5.41, 5.74) is 0.715. The lowest BCUT2D eigenvalue weighted by atomic mass is 10.3. The van der Waals surface area contributed by atoms with E-state index in [1.807, 2.05) is 24.3 Å². The van der Waals surface area contributed by atoms with Gasteiger partial charge in [-0.3, -0.25) is 9.59 Å². The molecule has 0 aliphatic rings. The highest BCUT2D eigenvalue weighted by Gasteiger charge is 2.08. The van der Waals surface area contributed by atoms with E-state index in [0.717, 1.165) is 14.6 Å². The SMILES string of the molecule is O=C(CSc1nc2ccccc2s1)NCCn1nc(-n2cccn2)ccc1=O. The Morgan fingerprint density at radius 2 is 2.07 bits per heavy atom. The van der Waals surface area contributed by atoms with E-state index in [0.29, 0.717) is 12.4 Å². The molecule has 10 heteroatoms. The van der Waals surface area contributed by atoms with Crippen LogP contribution in [0, 0.1) is 0 Å². The van der Waals surface area contributed by atoms with E-state index in [9.17, 15) is 9.59 Å². The lowest BCUT2D eigenvalue weighted by Crippen LogP contribution is -2.33. The molecule has 3 aromatic heterocycles. The summed E-state index contributed by atoms with van der Waals surface area (Å²) < 4.78 is 4.86. The fourth-order valence-corrected chi connectivity index (χ4v) is 4.42. The van der Waals surface area contributed by atoms with E-state index in [1.165, 1.54) is 22.5 Å². The molecule has 0 atom stereocenters. The van der Waals surface area contributed by atoms with Crippen LogP contribution in [0.5, 0.6) is 0 Å². The number of hydrogen-bond donors (Lipinski definition) is 1. The number of aromatic nitrogens is 5. The van der Waals surface area contributed by atoms with Crippen LogP contribution in [0.4, 0.5) is 0 Å². The van der Waals surface area contributed by atoms with E-state index < -0.39 is 0 Å². The first-order valence-electron chi connectivity index (χ1n) is 8.52. The van der Waals surface area contributed by atoms with E-state index >= 15 is 0 Å². The molecule has 0 aliphatic carbocycles. The third-order valence-corrected chi connectivity index (χ3v) is 6.02. The molecule has 4 aromatic rings. The smallest absolute Gasteiger partial charge is 0.266 e. The number of benzene rings is 1. The molecule has 8 nitrogen and oxygen atoms in total. The van der Waals surface area contributed by atoms with Gasteiger partial charge in [-0.15, -0.1) is 16.4 Å². The van der Waals surface area contributed by atoms with Gasteiger partial charge < -0.3 is 5.32 Å². The first-order valence-corrected chi connectivity index (χ1v) is 10.3. The summed E-state index contributed by atoms with van der Waals surface area (Å²) in [6, 6.07) is 12.7. The van der Waals surface area contributed by atoms with Crippen LogP contribution in [-0.4, -0.2) is 42.7 Å². The third-order valence-electron chi connectivity index (χ3n) is 3.84. The fourth-order valence-electron chi connectivity index (χ4n) is 2.52. The Morgan fingerprint density at radius 1 is 1.18 bits per heavy atom. The van der Waals surface area contributed by atoms with Gasteiger partial charge in [0.05, 0.1) is 22.5 Å². The Hall–Kier alpha value is -2.98. The molecule has 4 rings (SSSR count). The van der Waals surface area contributed by atoms with Gasteiger partial charge >= 0.3 is 0 Å². The quantitative estimate of drug-likeness (QED) is 0.466. The second-order valence-electron chi connectivity index (χ2n) is 5.79. The van der Waals surface area contributed by atoms with Crippen molar-refractivity contribution in [2.75, 3.05) is 12.3 Å². The van der Waals surface area contributed by atoms with Gasteiger partial charge in [0.25, 0.3) is 5.56 Å². The van der Waals surface area contributed by atoms with Gasteiger partial charge in [-0.25, -0.2) is 14.3 Å². The van der Waals surface area contributed by atoms with Crippen LogP contribution >= 0.6 is 23.1 Å². The summed E-state index contributed by atoms with van der Waals surface area (Å²) in [6.45, 7) is 0.597. The lowest BCUT2D eigenvalue weighted by Gasteiger charge is -2.08. The summed E-state index contributed by atoms with van der Waals surface area (Å²) in [5.74, 6) is 0.706. The minimum atomic E-state index is -0.228. The van der Waals surface area contributed by atoms with E-state index in [1.54, 1.807) is 40.5 Å². The summed E-state index contributed by atoms with van der Waals surface area (Å²) in [6.07, 6.45) is 3.39. The number of para-hydroxylation sites is 1. The van der Waals surface area contributed by atoms with E-state index in [4.69, 9.17) is 0 Å². The van der Waals surface area contributed by atoms with Crippen molar-refractivity contribution in [2.24, 2.45) is 0 Å². The molecule has 0 saturated carbocycles. The maximum Gasteiger partial charge on any atom is 0.266 e. The predicted octanol–water partition coefficient (Wildman–Crippen LogP) is 1.95. The van der Waals surface area contributed by atoms with Gasteiger partial charge in [0.1, 0.15) is 0 Å². The molecule has 142 valence electrons. The predicted molar refractivity (Wildman–Crippen MR) is 109 cm³/mol. The van der Waals surface area contributed by atoms with Crippen molar-refractivity contribution in [3.63, 3.8) is 0 Å². The standard InChI is InChI=1S/C18H16N6O2S2/c25-16(12-27-18-21-13-4-1-2-5-14(13)28-18)19-9-11-24-17(26)7-6-15(22-24)23-10-3-8-20-23/h1-8,10H,9,11-12H2,(H,19,25). The second kappa shape index (κ2) is 8.36.